The number of guanidine groups is 1. The number of carbonyl (C=O) groups excluding carboxylic acids is 1. The molecule has 0 saturated heterocycles. The highest BCUT2D eigenvalue weighted by atomic mass is 16.5. The molecule has 0 spiro atoms. The van der Waals surface area contributed by atoms with Crippen LogP contribution in [0.4, 0.5) is 10.5 Å². The number of anilines is 1. The minimum atomic E-state index is -0.214. The predicted molar refractivity (Wildman–Crippen MR) is 125 cm³/mol. The molecule has 2 amide bonds. The predicted octanol–water partition coefficient (Wildman–Crippen LogP) is 3.49. The van der Waals surface area contributed by atoms with E-state index in [1.165, 1.54) is 0 Å². The zero-order valence-corrected chi connectivity index (χ0v) is 18.9. The van der Waals surface area contributed by atoms with Gasteiger partial charge in [-0.1, -0.05) is 12.1 Å². The minimum absolute atomic E-state index is 0.0866. The van der Waals surface area contributed by atoms with E-state index in [0.717, 1.165) is 34.9 Å². The van der Waals surface area contributed by atoms with Crippen LogP contribution >= 0.6 is 0 Å². The van der Waals surface area contributed by atoms with E-state index in [2.05, 4.69) is 26.3 Å². The SMILES string of the molecule is CCNC(=NCc1ccc(NC(=O)NC(C)C)cc1)NCc1ccc(OC)cc1OC. The lowest BCUT2D eigenvalue weighted by Gasteiger charge is -2.14. The molecule has 0 radical (unpaired) electrons. The molecule has 0 aliphatic carbocycles. The Morgan fingerprint density at radius 1 is 1.03 bits per heavy atom. The van der Waals surface area contributed by atoms with Gasteiger partial charge in [0, 0.05) is 36.4 Å². The summed E-state index contributed by atoms with van der Waals surface area (Å²) in [5.41, 5.74) is 2.78. The average Bonchev–Trinajstić information content (AvgIpc) is 2.76. The van der Waals surface area contributed by atoms with Crippen molar-refractivity contribution in [2.24, 2.45) is 4.99 Å². The normalized spacial score (nSPS) is 11.1. The van der Waals surface area contributed by atoms with Crippen LogP contribution in [0.25, 0.3) is 0 Å². The Balaban J connectivity index is 1.97. The molecular weight excluding hydrogens is 394 g/mol. The van der Waals surface area contributed by atoms with Crippen molar-refractivity contribution in [1.29, 1.82) is 0 Å². The van der Waals surface area contributed by atoms with Gasteiger partial charge in [-0.15, -0.1) is 0 Å². The Bertz CT molecular complexity index is 866. The van der Waals surface area contributed by atoms with Gasteiger partial charge in [-0.2, -0.15) is 0 Å². The van der Waals surface area contributed by atoms with Crippen molar-refractivity contribution in [2.45, 2.75) is 39.9 Å². The maximum Gasteiger partial charge on any atom is 0.319 e. The van der Waals surface area contributed by atoms with Gasteiger partial charge in [0.05, 0.1) is 20.8 Å². The fourth-order valence-electron chi connectivity index (χ4n) is 2.81. The maximum atomic E-state index is 11.8. The smallest absolute Gasteiger partial charge is 0.319 e. The van der Waals surface area contributed by atoms with E-state index in [1.807, 2.05) is 63.2 Å². The van der Waals surface area contributed by atoms with E-state index in [9.17, 15) is 4.79 Å². The number of benzene rings is 2. The summed E-state index contributed by atoms with van der Waals surface area (Å²) in [5.74, 6) is 2.21. The van der Waals surface area contributed by atoms with E-state index in [0.29, 0.717) is 19.0 Å². The summed E-state index contributed by atoms with van der Waals surface area (Å²) in [5, 5.41) is 12.2. The van der Waals surface area contributed by atoms with Gasteiger partial charge in [-0.3, -0.25) is 0 Å². The first-order valence-electron chi connectivity index (χ1n) is 10.3. The molecule has 2 aromatic rings. The molecule has 2 aromatic carbocycles. The number of nitrogens with one attached hydrogen (secondary N) is 4. The first-order chi connectivity index (χ1) is 14.9. The Hall–Kier alpha value is -3.42. The third-order valence-corrected chi connectivity index (χ3v) is 4.34. The van der Waals surface area contributed by atoms with Crippen molar-refractivity contribution in [3.8, 4) is 11.5 Å². The second kappa shape index (κ2) is 12.3. The molecule has 0 heterocycles. The average molecular weight is 428 g/mol. The molecule has 0 saturated carbocycles. The Labute approximate surface area is 184 Å². The van der Waals surface area contributed by atoms with Gasteiger partial charge in [0.15, 0.2) is 5.96 Å². The van der Waals surface area contributed by atoms with Crippen LogP contribution in [0, 0.1) is 0 Å². The summed E-state index contributed by atoms with van der Waals surface area (Å²) in [6.07, 6.45) is 0. The number of amides is 2. The first kappa shape index (κ1) is 23.9. The van der Waals surface area contributed by atoms with Crippen LogP contribution in [0.2, 0.25) is 0 Å². The quantitative estimate of drug-likeness (QED) is 0.363. The summed E-state index contributed by atoms with van der Waals surface area (Å²) >= 11 is 0. The Morgan fingerprint density at radius 3 is 2.39 bits per heavy atom. The monoisotopic (exact) mass is 427 g/mol. The molecule has 0 aliphatic rings. The summed E-state index contributed by atoms with van der Waals surface area (Å²) < 4.78 is 10.7. The minimum Gasteiger partial charge on any atom is -0.497 e. The molecule has 0 aliphatic heterocycles. The number of urea groups is 1. The van der Waals surface area contributed by atoms with Crippen LogP contribution in [0.1, 0.15) is 31.9 Å². The molecule has 0 bridgehead atoms. The van der Waals surface area contributed by atoms with Crippen LogP contribution < -0.4 is 30.7 Å². The van der Waals surface area contributed by atoms with Gasteiger partial charge < -0.3 is 30.7 Å². The molecule has 8 heteroatoms. The van der Waals surface area contributed by atoms with Crippen LogP contribution in [-0.4, -0.2) is 38.8 Å². The van der Waals surface area contributed by atoms with Gasteiger partial charge in [-0.05, 0) is 50.6 Å². The lowest BCUT2D eigenvalue weighted by molar-refractivity contribution is 0.250. The van der Waals surface area contributed by atoms with Gasteiger partial charge in [-0.25, -0.2) is 9.79 Å². The van der Waals surface area contributed by atoms with Gasteiger partial charge in [0.1, 0.15) is 11.5 Å². The molecule has 0 atom stereocenters. The van der Waals surface area contributed by atoms with Crippen LogP contribution in [0.3, 0.4) is 0 Å². The maximum absolute atomic E-state index is 11.8. The highest BCUT2D eigenvalue weighted by molar-refractivity contribution is 5.89. The van der Waals surface area contributed by atoms with Crippen molar-refractivity contribution >= 4 is 17.7 Å². The Morgan fingerprint density at radius 2 is 1.77 bits per heavy atom. The number of ether oxygens (including phenoxy) is 2. The summed E-state index contributed by atoms with van der Waals surface area (Å²) in [4.78, 5) is 16.4. The van der Waals surface area contributed by atoms with Crippen LogP contribution in [-0.2, 0) is 13.1 Å². The van der Waals surface area contributed by atoms with Gasteiger partial charge >= 0.3 is 6.03 Å². The number of methoxy groups -OCH3 is 2. The second-order valence-electron chi connectivity index (χ2n) is 7.18. The molecule has 8 nitrogen and oxygen atoms in total. The highest BCUT2D eigenvalue weighted by Crippen LogP contribution is 2.24. The van der Waals surface area contributed by atoms with Gasteiger partial charge in [0.2, 0.25) is 0 Å². The third kappa shape index (κ3) is 8.08. The standard InChI is InChI=1S/C23H33N5O3/c1-6-24-22(26-15-18-9-12-20(30-4)13-21(18)31-5)25-14-17-7-10-19(11-8-17)28-23(29)27-16(2)3/h7-13,16H,6,14-15H2,1-5H3,(H2,24,25,26)(H2,27,28,29). The van der Waals surface area contributed by atoms with Crippen molar-refractivity contribution in [3.63, 3.8) is 0 Å². The zero-order valence-electron chi connectivity index (χ0n) is 18.9. The topological polar surface area (TPSA) is 96.0 Å². The highest BCUT2D eigenvalue weighted by Gasteiger charge is 2.07. The molecule has 2 rings (SSSR count). The van der Waals surface area contributed by atoms with Crippen molar-refractivity contribution in [2.75, 3.05) is 26.1 Å². The largest absolute Gasteiger partial charge is 0.497 e. The second-order valence-corrected chi connectivity index (χ2v) is 7.18. The number of aliphatic imine (C=N–C) groups is 1. The Kier molecular flexibility index (Phi) is 9.48. The molecule has 168 valence electrons. The molecular formula is C23H33N5O3. The first-order valence-corrected chi connectivity index (χ1v) is 10.3. The number of carbonyl (C=O) groups is 1. The van der Waals surface area contributed by atoms with E-state index < -0.39 is 0 Å². The van der Waals surface area contributed by atoms with E-state index >= 15 is 0 Å². The summed E-state index contributed by atoms with van der Waals surface area (Å²) in [7, 11) is 3.27. The molecule has 0 fully saturated rings. The molecule has 31 heavy (non-hydrogen) atoms. The van der Waals surface area contributed by atoms with E-state index in [1.54, 1.807) is 14.2 Å². The van der Waals surface area contributed by atoms with Crippen LogP contribution in [0.5, 0.6) is 11.5 Å². The van der Waals surface area contributed by atoms with E-state index in [4.69, 9.17) is 9.47 Å². The van der Waals surface area contributed by atoms with E-state index in [-0.39, 0.29) is 12.1 Å². The molecule has 0 unspecified atom stereocenters. The fourth-order valence-corrected chi connectivity index (χ4v) is 2.81. The lowest BCUT2D eigenvalue weighted by atomic mass is 10.2. The lowest BCUT2D eigenvalue weighted by Crippen LogP contribution is -2.36. The number of nitrogens with zero attached hydrogens (tertiary/aromatic N) is 1. The fraction of sp³-hybridized carbons (Fsp3) is 0.391. The third-order valence-electron chi connectivity index (χ3n) is 4.34. The summed E-state index contributed by atoms with van der Waals surface area (Å²) in [6.45, 7) is 7.68. The van der Waals surface area contributed by atoms with Crippen molar-refractivity contribution in [1.82, 2.24) is 16.0 Å². The number of rotatable bonds is 9. The molecule has 4 N–H and O–H groups in total. The number of hydrogen-bond donors (Lipinski definition) is 4. The number of hydrogen-bond acceptors (Lipinski definition) is 4. The van der Waals surface area contributed by atoms with Gasteiger partial charge in [0.25, 0.3) is 0 Å². The summed E-state index contributed by atoms with van der Waals surface area (Å²) in [6, 6.07) is 13.2. The van der Waals surface area contributed by atoms with Crippen molar-refractivity contribution < 1.29 is 14.3 Å². The van der Waals surface area contributed by atoms with Crippen LogP contribution in [0.15, 0.2) is 47.5 Å². The van der Waals surface area contributed by atoms with Crippen molar-refractivity contribution in [3.05, 3.63) is 53.6 Å². The molecule has 0 aromatic heterocycles. The zero-order chi connectivity index (χ0) is 22.6.